The fraction of sp³-hybridized carbons (Fsp3) is 0.391. The molecule has 2 aromatic carbocycles. The van der Waals surface area contributed by atoms with Gasteiger partial charge in [0.25, 0.3) is 0 Å². The van der Waals surface area contributed by atoms with E-state index < -0.39 is 0 Å². The number of nitriles is 1. The lowest BCUT2D eigenvalue weighted by molar-refractivity contribution is 0.103. The SMILES string of the molecule is CC(C)c1cc(C(C)C)c(C(=O)c2ccc(C#N)cc2)c(C(C)C)c1. The molecular weight excluding hydrogens is 306 g/mol. The van der Waals surface area contributed by atoms with Gasteiger partial charge in [-0.2, -0.15) is 5.26 Å². The van der Waals surface area contributed by atoms with Crippen LogP contribution in [-0.2, 0) is 0 Å². The molecular formula is C23H27NO. The molecule has 0 fully saturated rings. The van der Waals surface area contributed by atoms with E-state index in [2.05, 4.69) is 59.7 Å². The molecule has 0 saturated heterocycles. The molecule has 0 atom stereocenters. The van der Waals surface area contributed by atoms with Gasteiger partial charge in [-0.25, -0.2) is 0 Å². The highest BCUT2D eigenvalue weighted by atomic mass is 16.1. The van der Waals surface area contributed by atoms with Crippen molar-refractivity contribution in [1.82, 2.24) is 0 Å². The summed E-state index contributed by atoms with van der Waals surface area (Å²) >= 11 is 0. The van der Waals surface area contributed by atoms with Crippen LogP contribution in [0.4, 0.5) is 0 Å². The minimum atomic E-state index is 0.0483. The van der Waals surface area contributed by atoms with Crippen LogP contribution in [-0.4, -0.2) is 5.78 Å². The van der Waals surface area contributed by atoms with Crippen molar-refractivity contribution in [1.29, 1.82) is 5.26 Å². The van der Waals surface area contributed by atoms with Crippen LogP contribution in [0.5, 0.6) is 0 Å². The largest absolute Gasteiger partial charge is 0.289 e. The Morgan fingerprint density at radius 3 is 1.68 bits per heavy atom. The molecule has 0 amide bonds. The summed E-state index contributed by atoms with van der Waals surface area (Å²) in [6.07, 6.45) is 0. The summed E-state index contributed by atoms with van der Waals surface area (Å²) in [5.41, 5.74) is 5.55. The zero-order valence-corrected chi connectivity index (χ0v) is 16.1. The molecule has 0 saturated carbocycles. The third-order valence-electron chi connectivity index (χ3n) is 4.64. The van der Waals surface area contributed by atoms with Crippen molar-refractivity contribution < 1.29 is 4.79 Å². The molecule has 0 N–H and O–H groups in total. The third-order valence-corrected chi connectivity index (χ3v) is 4.64. The van der Waals surface area contributed by atoms with Crippen LogP contribution < -0.4 is 0 Å². The van der Waals surface area contributed by atoms with Crippen molar-refractivity contribution in [3.05, 3.63) is 69.8 Å². The Balaban J connectivity index is 2.68. The fourth-order valence-electron chi connectivity index (χ4n) is 3.06. The predicted octanol–water partition coefficient (Wildman–Crippen LogP) is 6.16. The first-order valence-electron chi connectivity index (χ1n) is 8.98. The minimum Gasteiger partial charge on any atom is -0.289 e. The number of benzene rings is 2. The van der Waals surface area contributed by atoms with Gasteiger partial charge in [0.1, 0.15) is 0 Å². The molecule has 0 aliphatic rings. The Labute approximate surface area is 151 Å². The molecule has 0 radical (unpaired) electrons. The molecule has 0 aliphatic carbocycles. The maximum Gasteiger partial charge on any atom is 0.193 e. The maximum absolute atomic E-state index is 13.3. The van der Waals surface area contributed by atoms with Crippen LogP contribution >= 0.6 is 0 Å². The van der Waals surface area contributed by atoms with E-state index in [0.717, 1.165) is 16.7 Å². The Kier molecular flexibility index (Phi) is 5.80. The first-order chi connectivity index (χ1) is 11.8. The predicted molar refractivity (Wildman–Crippen MR) is 103 cm³/mol. The highest BCUT2D eigenvalue weighted by Crippen LogP contribution is 2.33. The van der Waals surface area contributed by atoms with Gasteiger partial charge in [-0.15, -0.1) is 0 Å². The van der Waals surface area contributed by atoms with Crippen molar-refractivity contribution in [2.45, 2.75) is 59.3 Å². The Hall–Kier alpha value is -2.40. The number of nitrogens with zero attached hydrogens (tertiary/aromatic N) is 1. The molecule has 130 valence electrons. The van der Waals surface area contributed by atoms with E-state index in [4.69, 9.17) is 5.26 Å². The lowest BCUT2D eigenvalue weighted by Crippen LogP contribution is -2.13. The average molecular weight is 333 g/mol. The quantitative estimate of drug-likeness (QED) is 0.615. The molecule has 2 rings (SSSR count). The van der Waals surface area contributed by atoms with Crippen LogP contribution in [0.15, 0.2) is 36.4 Å². The molecule has 0 aromatic heterocycles. The summed E-state index contributed by atoms with van der Waals surface area (Å²) in [7, 11) is 0. The van der Waals surface area contributed by atoms with Gasteiger partial charge >= 0.3 is 0 Å². The van der Waals surface area contributed by atoms with Gasteiger partial charge in [0, 0.05) is 11.1 Å². The third kappa shape index (κ3) is 3.99. The van der Waals surface area contributed by atoms with Gasteiger partial charge in [-0.1, -0.05) is 53.7 Å². The fourth-order valence-corrected chi connectivity index (χ4v) is 3.06. The molecule has 2 aromatic rings. The number of rotatable bonds is 5. The van der Waals surface area contributed by atoms with E-state index in [-0.39, 0.29) is 17.6 Å². The van der Waals surface area contributed by atoms with Crippen LogP contribution in [0.3, 0.4) is 0 Å². The number of hydrogen-bond donors (Lipinski definition) is 0. The molecule has 0 aliphatic heterocycles. The Bertz CT molecular complexity index is 776. The Morgan fingerprint density at radius 2 is 1.32 bits per heavy atom. The van der Waals surface area contributed by atoms with Gasteiger partial charge in [0.05, 0.1) is 11.6 Å². The van der Waals surface area contributed by atoms with Gasteiger partial charge in [0.15, 0.2) is 5.78 Å². The standard InChI is InChI=1S/C23H27NO/c1-14(2)19-11-20(15(3)4)22(21(12-19)16(5)6)23(25)18-9-7-17(13-24)8-10-18/h7-12,14-16H,1-6H3. The average Bonchev–Trinajstić information content (AvgIpc) is 2.59. The van der Waals surface area contributed by atoms with Crippen molar-refractivity contribution in [3.8, 4) is 6.07 Å². The summed E-state index contributed by atoms with van der Waals surface area (Å²) in [4.78, 5) is 13.3. The second-order valence-electron chi connectivity index (χ2n) is 7.56. The smallest absolute Gasteiger partial charge is 0.193 e. The van der Waals surface area contributed by atoms with E-state index in [1.807, 2.05) is 0 Å². The minimum absolute atomic E-state index is 0.0483. The van der Waals surface area contributed by atoms with Crippen LogP contribution in [0.25, 0.3) is 0 Å². The summed E-state index contributed by atoms with van der Waals surface area (Å²) in [5.74, 6) is 1.02. The number of ketones is 1. The van der Waals surface area contributed by atoms with Gasteiger partial charge < -0.3 is 0 Å². The normalized spacial score (nSPS) is 11.2. The summed E-state index contributed by atoms with van der Waals surface area (Å²) in [6, 6.07) is 13.4. The lowest BCUT2D eigenvalue weighted by Gasteiger charge is -2.22. The van der Waals surface area contributed by atoms with Gasteiger partial charge in [-0.3, -0.25) is 4.79 Å². The van der Waals surface area contributed by atoms with Crippen molar-refractivity contribution in [3.63, 3.8) is 0 Å². The van der Waals surface area contributed by atoms with Crippen LogP contribution in [0.2, 0.25) is 0 Å². The van der Waals surface area contributed by atoms with E-state index in [1.165, 1.54) is 5.56 Å². The second kappa shape index (κ2) is 7.66. The molecule has 0 bridgehead atoms. The van der Waals surface area contributed by atoms with Gasteiger partial charge in [0.2, 0.25) is 0 Å². The number of carbonyl (C=O) groups excluding carboxylic acids is 1. The van der Waals surface area contributed by atoms with Crippen LogP contribution in [0, 0.1) is 11.3 Å². The Morgan fingerprint density at radius 1 is 0.840 bits per heavy atom. The summed E-state index contributed by atoms with van der Waals surface area (Å²) in [5, 5.41) is 8.97. The molecule has 25 heavy (non-hydrogen) atoms. The lowest BCUT2D eigenvalue weighted by atomic mass is 9.81. The van der Waals surface area contributed by atoms with E-state index in [0.29, 0.717) is 17.0 Å². The summed E-state index contributed by atoms with van der Waals surface area (Å²) in [6.45, 7) is 12.9. The topological polar surface area (TPSA) is 40.9 Å². The van der Waals surface area contributed by atoms with Gasteiger partial charge in [-0.05, 0) is 58.7 Å². The summed E-state index contributed by atoms with van der Waals surface area (Å²) < 4.78 is 0. The molecule has 0 heterocycles. The first-order valence-corrected chi connectivity index (χ1v) is 8.98. The molecule has 2 nitrogen and oxygen atoms in total. The van der Waals surface area contributed by atoms with E-state index in [1.54, 1.807) is 24.3 Å². The zero-order chi connectivity index (χ0) is 18.7. The molecule has 0 spiro atoms. The van der Waals surface area contributed by atoms with Crippen molar-refractivity contribution in [2.75, 3.05) is 0 Å². The van der Waals surface area contributed by atoms with E-state index >= 15 is 0 Å². The molecule has 0 unspecified atom stereocenters. The van der Waals surface area contributed by atoms with Crippen molar-refractivity contribution >= 4 is 5.78 Å². The maximum atomic E-state index is 13.3. The van der Waals surface area contributed by atoms with Crippen LogP contribution in [0.1, 0.15) is 97.5 Å². The number of carbonyl (C=O) groups is 1. The molecule has 2 heteroatoms. The highest BCUT2D eigenvalue weighted by molar-refractivity contribution is 6.11. The van der Waals surface area contributed by atoms with Crippen molar-refractivity contribution in [2.24, 2.45) is 0 Å². The number of hydrogen-bond acceptors (Lipinski definition) is 2. The first kappa shape index (κ1) is 18.9. The monoisotopic (exact) mass is 333 g/mol. The highest BCUT2D eigenvalue weighted by Gasteiger charge is 2.23. The zero-order valence-electron chi connectivity index (χ0n) is 16.1. The second-order valence-corrected chi connectivity index (χ2v) is 7.56. The van der Waals surface area contributed by atoms with E-state index in [9.17, 15) is 4.79 Å².